The molecule has 9 heteroatoms. The molecule has 3 heterocycles. The van der Waals surface area contributed by atoms with E-state index in [1.807, 2.05) is 10.8 Å². The summed E-state index contributed by atoms with van der Waals surface area (Å²) in [6.07, 6.45) is 0.534. The lowest BCUT2D eigenvalue weighted by Crippen LogP contribution is -2.44. The van der Waals surface area contributed by atoms with Crippen molar-refractivity contribution in [2.45, 2.75) is 12.5 Å². The third-order valence-corrected chi connectivity index (χ3v) is 4.38. The minimum absolute atomic E-state index is 0. The summed E-state index contributed by atoms with van der Waals surface area (Å²) in [7, 11) is 2.06. The van der Waals surface area contributed by atoms with Gasteiger partial charge < -0.3 is 15.2 Å². The Balaban J connectivity index is 0.00000192. The van der Waals surface area contributed by atoms with E-state index in [1.54, 1.807) is 6.07 Å². The monoisotopic (exact) mass is 357 g/mol. The molecule has 7 nitrogen and oxygen atoms in total. The molecule has 1 amide bonds. The Morgan fingerprint density at radius 1 is 1.61 bits per heavy atom. The molecule has 1 aliphatic rings. The number of amides is 1. The maximum Gasteiger partial charge on any atom is 0.252 e. The number of hydrogen-bond donors (Lipinski definition) is 2. The second kappa shape index (κ2) is 8.39. The van der Waals surface area contributed by atoms with Gasteiger partial charge in [-0.1, -0.05) is 5.16 Å². The number of carbonyl (C=O) groups is 1. The summed E-state index contributed by atoms with van der Waals surface area (Å²) in [6, 6.07) is 1.95. The third-order valence-electron chi connectivity index (χ3n) is 3.70. The molecule has 2 N–H and O–H groups in total. The molecule has 0 spiro atoms. The van der Waals surface area contributed by atoms with Gasteiger partial charge in [0, 0.05) is 43.5 Å². The van der Waals surface area contributed by atoms with Crippen LogP contribution in [0, 0.1) is 0 Å². The highest BCUT2D eigenvalue weighted by atomic mass is 35.5. The number of aromatic nitrogens is 2. The van der Waals surface area contributed by atoms with Gasteiger partial charge in [0.25, 0.3) is 5.91 Å². The fourth-order valence-electron chi connectivity index (χ4n) is 2.38. The van der Waals surface area contributed by atoms with E-state index in [0.29, 0.717) is 30.2 Å². The molecule has 0 radical (unpaired) electrons. The zero-order valence-electron chi connectivity index (χ0n) is 12.8. The van der Waals surface area contributed by atoms with Gasteiger partial charge in [0.05, 0.1) is 6.04 Å². The lowest BCUT2D eigenvalue weighted by atomic mass is 10.2. The molecular formula is C14H20ClN5O2S. The molecule has 3 rings (SSSR count). The second-order valence-electron chi connectivity index (χ2n) is 5.26. The van der Waals surface area contributed by atoms with Gasteiger partial charge in [0.15, 0.2) is 5.82 Å². The fourth-order valence-corrected chi connectivity index (χ4v) is 3.01. The van der Waals surface area contributed by atoms with Crippen molar-refractivity contribution < 1.29 is 9.32 Å². The maximum atomic E-state index is 11.8. The molecule has 0 aliphatic carbocycles. The minimum atomic E-state index is -0.0720. The molecule has 23 heavy (non-hydrogen) atoms. The summed E-state index contributed by atoms with van der Waals surface area (Å²) in [4.78, 5) is 18.5. The van der Waals surface area contributed by atoms with Crippen LogP contribution in [-0.4, -0.2) is 54.2 Å². The van der Waals surface area contributed by atoms with Gasteiger partial charge in [-0.05, 0) is 18.5 Å². The van der Waals surface area contributed by atoms with Crippen LogP contribution in [0.1, 0.15) is 28.1 Å². The summed E-state index contributed by atoms with van der Waals surface area (Å²) in [6.45, 7) is 3.25. The van der Waals surface area contributed by atoms with E-state index >= 15 is 0 Å². The number of rotatable bonds is 5. The molecule has 1 unspecified atom stereocenters. The van der Waals surface area contributed by atoms with Crippen LogP contribution in [0.2, 0.25) is 0 Å². The number of hydrogen-bond acceptors (Lipinski definition) is 7. The van der Waals surface area contributed by atoms with Crippen LogP contribution >= 0.6 is 23.7 Å². The molecular weight excluding hydrogens is 338 g/mol. The Morgan fingerprint density at radius 3 is 3.22 bits per heavy atom. The first-order valence-corrected chi connectivity index (χ1v) is 8.22. The zero-order valence-corrected chi connectivity index (χ0v) is 14.5. The molecule has 1 saturated heterocycles. The first-order chi connectivity index (χ1) is 10.7. The number of likely N-dealkylation sites (N-methyl/N-ethyl adjacent to an activating group) is 1. The van der Waals surface area contributed by atoms with Gasteiger partial charge in [-0.3, -0.25) is 9.69 Å². The molecule has 0 saturated carbocycles. The quantitative estimate of drug-likeness (QED) is 0.833. The number of carbonyl (C=O) groups excluding carboxylic acids is 1. The number of thiophene rings is 1. The summed E-state index contributed by atoms with van der Waals surface area (Å²) >= 11 is 1.50. The molecule has 0 bridgehead atoms. The van der Waals surface area contributed by atoms with E-state index in [-0.39, 0.29) is 24.4 Å². The molecule has 2 aromatic rings. The van der Waals surface area contributed by atoms with Crippen LogP contribution in [0.5, 0.6) is 0 Å². The van der Waals surface area contributed by atoms with E-state index < -0.39 is 0 Å². The highest BCUT2D eigenvalue weighted by Gasteiger charge is 2.25. The smallest absolute Gasteiger partial charge is 0.252 e. The Kier molecular flexibility index (Phi) is 6.52. The molecule has 1 fully saturated rings. The Bertz CT molecular complexity index is 618. The summed E-state index contributed by atoms with van der Waals surface area (Å²) in [5.41, 5.74) is 0.686. The normalized spacial score (nSPS) is 18.4. The summed E-state index contributed by atoms with van der Waals surface area (Å²) in [5.74, 6) is 1.19. The largest absolute Gasteiger partial charge is 0.351 e. The van der Waals surface area contributed by atoms with Gasteiger partial charge in [-0.15, -0.1) is 12.4 Å². The van der Waals surface area contributed by atoms with Crippen LogP contribution in [0.4, 0.5) is 0 Å². The third kappa shape index (κ3) is 4.51. The number of nitrogens with zero attached hydrogens (tertiary/aromatic N) is 3. The van der Waals surface area contributed by atoms with Crippen molar-refractivity contribution in [3.63, 3.8) is 0 Å². The van der Waals surface area contributed by atoms with Crippen molar-refractivity contribution >= 4 is 29.7 Å². The molecule has 1 atom stereocenters. The molecule has 126 valence electrons. The van der Waals surface area contributed by atoms with Crippen molar-refractivity contribution in [3.8, 4) is 0 Å². The fraction of sp³-hybridized carbons (Fsp3) is 0.500. The predicted molar refractivity (Wildman–Crippen MR) is 90.1 cm³/mol. The zero-order chi connectivity index (χ0) is 15.4. The number of halogens is 1. The van der Waals surface area contributed by atoms with Crippen molar-refractivity contribution in [1.29, 1.82) is 0 Å². The minimum Gasteiger partial charge on any atom is -0.351 e. The maximum absolute atomic E-state index is 11.8. The number of nitrogens with one attached hydrogen (secondary N) is 2. The van der Waals surface area contributed by atoms with E-state index in [4.69, 9.17) is 4.52 Å². The highest BCUT2D eigenvalue weighted by molar-refractivity contribution is 7.08. The first-order valence-electron chi connectivity index (χ1n) is 7.28. The lowest BCUT2D eigenvalue weighted by molar-refractivity contribution is 0.0954. The summed E-state index contributed by atoms with van der Waals surface area (Å²) < 4.78 is 5.27. The molecule has 2 aromatic heterocycles. The van der Waals surface area contributed by atoms with Gasteiger partial charge in [0.1, 0.15) is 0 Å². The van der Waals surface area contributed by atoms with E-state index in [1.165, 1.54) is 11.3 Å². The van der Waals surface area contributed by atoms with Crippen molar-refractivity contribution in [3.05, 3.63) is 34.1 Å². The van der Waals surface area contributed by atoms with E-state index in [0.717, 1.165) is 19.6 Å². The Labute approximate surface area is 144 Å². The molecule has 1 aliphatic heterocycles. The average molecular weight is 358 g/mol. The van der Waals surface area contributed by atoms with Crippen LogP contribution in [0.25, 0.3) is 0 Å². The van der Waals surface area contributed by atoms with Gasteiger partial charge in [-0.2, -0.15) is 16.3 Å². The van der Waals surface area contributed by atoms with E-state index in [2.05, 4.69) is 32.7 Å². The predicted octanol–water partition coefficient (Wildman–Crippen LogP) is 1.10. The van der Waals surface area contributed by atoms with Gasteiger partial charge in [-0.25, -0.2) is 0 Å². The lowest BCUT2D eigenvalue weighted by Gasteiger charge is -2.30. The summed E-state index contributed by atoms with van der Waals surface area (Å²) in [5, 5.41) is 13.9. The Hall–Kier alpha value is -1.48. The van der Waals surface area contributed by atoms with Crippen LogP contribution in [0.15, 0.2) is 21.3 Å². The second-order valence-corrected chi connectivity index (χ2v) is 6.04. The topological polar surface area (TPSA) is 83.3 Å². The number of piperazine rings is 1. The highest BCUT2D eigenvalue weighted by Crippen LogP contribution is 2.17. The Morgan fingerprint density at radius 2 is 2.48 bits per heavy atom. The first kappa shape index (κ1) is 17.9. The van der Waals surface area contributed by atoms with E-state index in [9.17, 15) is 4.79 Å². The van der Waals surface area contributed by atoms with Crippen LogP contribution in [-0.2, 0) is 6.42 Å². The van der Waals surface area contributed by atoms with Crippen molar-refractivity contribution in [2.75, 3.05) is 33.2 Å². The van der Waals surface area contributed by atoms with Crippen molar-refractivity contribution in [2.24, 2.45) is 0 Å². The average Bonchev–Trinajstić information content (AvgIpc) is 3.19. The van der Waals surface area contributed by atoms with Crippen molar-refractivity contribution in [1.82, 2.24) is 25.7 Å². The van der Waals surface area contributed by atoms with Crippen LogP contribution < -0.4 is 10.6 Å². The molecule has 0 aromatic carbocycles. The van der Waals surface area contributed by atoms with Gasteiger partial charge >= 0.3 is 0 Å². The standard InChI is InChI=1S/C14H19N5O2S.ClH/c1-19-6-5-15-8-11(19)13-17-12(21-18-13)2-4-16-14(20)10-3-7-22-9-10;/h3,7,9,11,15H,2,4-6,8H2,1H3,(H,16,20);1H. The van der Waals surface area contributed by atoms with Crippen LogP contribution in [0.3, 0.4) is 0 Å². The SMILES string of the molecule is CN1CCNCC1c1noc(CCNC(=O)c2ccsc2)n1.Cl. The van der Waals surface area contributed by atoms with Gasteiger partial charge in [0.2, 0.25) is 5.89 Å².